The molecule has 1 aromatic carbocycles. The average Bonchev–Trinajstić information content (AvgIpc) is 2.57. The van der Waals surface area contributed by atoms with Crippen LogP contribution in [0.3, 0.4) is 0 Å². The van der Waals surface area contributed by atoms with Gasteiger partial charge in [0.15, 0.2) is 5.78 Å². The van der Waals surface area contributed by atoms with Crippen molar-refractivity contribution >= 4 is 45.0 Å². The van der Waals surface area contributed by atoms with Crippen LogP contribution in [0.15, 0.2) is 58.7 Å². The molecular formula is C18H16BrN3O3. The SMILES string of the molecule is CC(=O)c1ccc(NC(=O)/C=C(/C)C(=O)Nc2ccc(Br)cn2)cc1. The van der Waals surface area contributed by atoms with Gasteiger partial charge in [-0.15, -0.1) is 0 Å². The summed E-state index contributed by atoms with van der Waals surface area (Å²) in [6.07, 6.45) is 2.76. The summed E-state index contributed by atoms with van der Waals surface area (Å²) < 4.78 is 0.799. The number of carbonyl (C=O) groups excluding carboxylic acids is 3. The Bertz CT molecular complexity index is 828. The second-order valence-electron chi connectivity index (χ2n) is 5.27. The van der Waals surface area contributed by atoms with Crippen LogP contribution in [0.5, 0.6) is 0 Å². The first-order chi connectivity index (χ1) is 11.8. The summed E-state index contributed by atoms with van der Waals surface area (Å²) in [5, 5.41) is 5.24. The van der Waals surface area contributed by atoms with Crippen molar-refractivity contribution in [1.29, 1.82) is 0 Å². The average molecular weight is 402 g/mol. The molecule has 0 saturated carbocycles. The number of Topliss-reactive ketones (excluding diaryl/α,β-unsaturated/α-hetero) is 1. The molecule has 0 atom stereocenters. The minimum Gasteiger partial charge on any atom is -0.323 e. The summed E-state index contributed by atoms with van der Waals surface area (Å²) in [6, 6.07) is 9.90. The standard InChI is InChI=1S/C18H16BrN3O3/c1-11(18(25)22-16-8-5-14(19)10-20-16)9-17(24)21-15-6-3-13(4-7-15)12(2)23/h3-10H,1-2H3,(H,21,24)(H,20,22,25)/b11-9-. The predicted octanol–water partition coefficient (Wildman–Crippen LogP) is 3.57. The highest BCUT2D eigenvalue weighted by Gasteiger charge is 2.08. The predicted molar refractivity (Wildman–Crippen MR) is 99.4 cm³/mol. The lowest BCUT2D eigenvalue weighted by atomic mass is 10.1. The number of pyridine rings is 1. The van der Waals surface area contributed by atoms with Crippen molar-refractivity contribution in [3.8, 4) is 0 Å². The van der Waals surface area contributed by atoms with E-state index >= 15 is 0 Å². The van der Waals surface area contributed by atoms with Crippen molar-refractivity contribution in [1.82, 2.24) is 4.98 Å². The number of carbonyl (C=O) groups is 3. The lowest BCUT2D eigenvalue weighted by Crippen LogP contribution is -2.16. The van der Waals surface area contributed by atoms with Gasteiger partial charge in [0.1, 0.15) is 5.82 Å². The van der Waals surface area contributed by atoms with E-state index in [1.165, 1.54) is 19.9 Å². The Morgan fingerprint density at radius 1 is 1.00 bits per heavy atom. The van der Waals surface area contributed by atoms with E-state index < -0.39 is 11.8 Å². The number of benzene rings is 1. The van der Waals surface area contributed by atoms with Crippen LogP contribution >= 0.6 is 15.9 Å². The molecule has 1 heterocycles. The zero-order chi connectivity index (χ0) is 18.4. The highest BCUT2D eigenvalue weighted by molar-refractivity contribution is 9.10. The Hall–Kier alpha value is -2.80. The number of halogens is 1. The van der Waals surface area contributed by atoms with E-state index in [9.17, 15) is 14.4 Å². The Labute approximate surface area is 153 Å². The minimum absolute atomic E-state index is 0.0492. The van der Waals surface area contributed by atoms with Crippen molar-refractivity contribution in [3.05, 3.63) is 64.3 Å². The molecule has 0 saturated heterocycles. The molecule has 2 aromatic rings. The van der Waals surface area contributed by atoms with E-state index in [0.717, 1.165) is 4.47 Å². The topological polar surface area (TPSA) is 88.2 Å². The molecule has 0 fully saturated rings. The molecule has 2 N–H and O–H groups in total. The molecule has 2 rings (SSSR count). The van der Waals surface area contributed by atoms with Crippen LogP contribution in [-0.2, 0) is 9.59 Å². The molecule has 0 radical (unpaired) electrons. The monoisotopic (exact) mass is 401 g/mol. The number of hydrogen-bond donors (Lipinski definition) is 2. The maximum atomic E-state index is 12.1. The van der Waals surface area contributed by atoms with Gasteiger partial charge in [-0.1, -0.05) is 0 Å². The van der Waals surface area contributed by atoms with Crippen LogP contribution in [0.25, 0.3) is 0 Å². The van der Waals surface area contributed by atoms with Gasteiger partial charge in [-0.25, -0.2) is 4.98 Å². The molecule has 0 spiro atoms. The summed E-state index contributed by atoms with van der Waals surface area (Å²) >= 11 is 3.26. The van der Waals surface area contributed by atoms with E-state index in [0.29, 0.717) is 17.1 Å². The van der Waals surface area contributed by atoms with Crippen molar-refractivity contribution in [3.63, 3.8) is 0 Å². The Balaban J connectivity index is 1.97. The molecule has 0 aliphatic rings. The first-order valence-corrected chi connectivity index (χ1v) is 8.17. The van der Waals surface area contributed by atoms with E-state index in [-0.39, 0.29) is 11.4 Å². The summed E-state index contributed by atoms with van der Waals surface area (Å²) in [5.41, 5.74) is 1.34. The Kier molecular flexibility index (Phi) is 6.19. The number of amides is 2. The van der Waals surface area contributed by atoms with Gasteiger partial charge in [-0.2, -0.15) is 0 Å². The van der Waals surface area contributed by atoms with Crippen molar-refractivity contribution < 1.29 is 14.4 Å². The van der Waals surface area contributed by atoms with Gasteiger partial charge in [0.05, 0.1) is 0 Å². The molecule has 1 aromatic heterocycles. The van der Waals surface area contributed by atoms with Crippen molar-refractivity contribution in [2.24, 2.45) is 0 Å². The van der Waals surface area contributed by atoms with Crippen LogP contribution in [0.1, 0.15) is 24.2 Å². The zero-order valence-electron chi connectivity index (χ0n) is 13.7. The van der Waals surface area contributed by atoms with Gasteiger partial charge in [0, 0.05) is 33.6 Å². The summed E-state index contributed by atoms with van der Waals surface area (Å²) in [6.45, 7) is 3.01. The fourth-order valence-electron chi connectivity index (χ4n) is 1.89. The van der Waals surface area contributed by atoms with Crippen molar-refractivity contribution in [2.75, 3.05) is 10.6 Å². The van der Waals surface area contributed by atoms with Gasteiger partial charge in [0.25, 0.3) is 5.91 Å². The van der Waals surface area contributed by atoms with Gasteiger partial charge in [-0.3, -0.25) is 14.4 Å². The van der Waals surface area contributed by atoms with Crippen LogP contribution in [-0.4, -0.2) is 22.6 Å². The smallest absolute Gasteiger partial charge is 0.252 e. The molecule has 128 valence electrons. The quantitative estimate of drug-likeness (QED) is 0.591. The second-order valence-corrected chi connectivity index (χ2v) is 6.18. The molecule has 0 unspecified atom stereocenters. The van der Waals surface area contributed by atoms with Crippen LogP contribution in [0.4, 0.5) is 11.5 Å². The first-order valence-electron chi connectivity index (χ1n) is 7.38. The van der Waals surface area contributed by atoms with Crippen LogP contribution in [0, 0.1) is 0 Å². The number of rotatable bonds is 5. The van der Waals surface area contributed by atoms with Gasteiger partial charge in [0.2, 0.25) is 5.91 Å². The highest BCUT2D eigenvalue weighted by Crippen LogP contribution is 2.12. The third-order valence-electron chi connectivity index (χ3n) is 3.23. The number of ketones is 1. The van der Waals surface area contributed by atoms with E-state index in [1.54, 1.807) is 42.6 Å². The Morgan fingerprint density at radius 3 is 2.24 bits per heavy atom. The Morgan fingerprint density at radius 2 is 1.68 bits per heavy atom. The maximum Gasteiger partial charge on any atom is 0.252 e. The molecule has 0 aliphatic carbocycles. The number of nitrogens with zero attached hydrogens (tertiary/aromatic N) is 1. The fourth-order valence-corrected chi connectivity index (χ4v) is 2.13. The highest BCUT2D eigenvalue weighted by atomic mass is 79.9. The first kappa shape index (κ1) is 18.5. The summed E-state index contributed by atoms with van der Waals surface area (Å²) in [7, 11) is 0. The van der Waals surface area contributed by atoms with Crippen LogP contribution < -0.4 is 10.6 Å². The number of hydrogen-bond acceptors (Lipinski definition) is 4. The lowest BCUT2D eigenvalue weighted by molar-refractivity contribution is -0.114. The molecule has 0 aliphatic heterocycles. The van der Waals surface area contributed by atoms with E-state index in [1.807, 2.05) is 0 Å². The van der Waals surface area contributed by atoms with Crippen LogP contribution in [0.2, 0.25) is 0 Å². The molecule has 2 amide bonds. The van der Waals surface area contributed by atoms with Gasteiger partial charge >= 0.3 is 0 Å². The van der Waals surface area contributed by atoms with Crippen molar-refractivity contribution in [2.45, 2.75) is 13.8 Å². The van der Waals surface area contributed by atoms with E-state index in [4.69, 9.17) is 0 Å². The van der Waals surface area contributed by atoms with Gasteiger partial charge < -0.3 is 10.6 Å². The summed E-state index contributed by atoms with van der Waals surface area (Å²) in [5.74, 6) is -0.517. The molecule has 25 heavy (non-hydrogen) atoms. The summed E-state index contributed by atoms with van der Waals surface area (Å²) in [4.78, 5) is 39.3. The molecule has 6 nitrogen and oxygen atoms in total. The number of nitrogens with one attached hydrogen (secondary N) is 2. The van der Waals surface area contributed by atoms with E-state index in [2.05, 4.69) is 31.5 Å². The largest absolute Gasteiger partial charge is 0.323 e. The fraction of sp³-hybridized carbons (Fsp3) is 0.111. The number of anilines is 2. The second kappa shape index (κ2) is 8.34. The molecule has 0 bridgehead atoms. The van der Waals surface area contributed by atoms with Gasteiger partial charge in [-0.05, 0) is 66.2 Å². The maximum absolute atomic E-state index is 12.1. The molecule has 7 heteroatoms. The minimum atomic E-state index is -0.438. The normalized spacial score (nSPS) is 10.9. The zero-order valence-corrected chi connectivity index (χ0v) is 15.3. The number of aromatic nitrogens is 1. The lowest BCUT2D eigenvalue weighted by Gasteiger charge is -2.06. The third-order valence-corrected chi connectivity index (χ3v) is 3.70. The third kappa shape index (κ3) is 5.65. The molecular weight excluding hydrogens is 386 g/mol.